The summed E-state index contributed by atoms with van der Waals surface area (Å²) in [6, 6.07) is 10.0. The van der Waals surface area contributed by atoms with E-state index in [0.717, 1.165) is 24.2 Å². The average molecular weight is 309 g/mol. The summed E-state index contributed by atoms with van der Waals surface area (Å²) in [6.45, 7) is 4.99. The smallest absolute Gasteiger partial charge is 0.0595 e. The second-order valence-electron chi connectivity index (χ2n) is 4.74. The van der Waals surface area contributed by atoms with Gasteiger partial charge in [0.15, 0.2) is 0 Å². The molecule has 0 spiro atoms. The minimum atomic E-state index is 0.191. The SMILES string of the molecule is CCc1cccnc1CNC(C)c1ccc(Cl)c(Cl)c1. The Morgan fingerprint density at radius 3 is 2.70 bits per heavy atom. The van der Waals surface area contributed by atoms with Crippen molar-refractivity contribution in [1.82, 2.24) is 10.3 Å². The Morgan fingerprint density at radius 1 is 1.20 bits per heavy atom. The predicted octanol–water partition coefficient (Wildman–Crippen LogP) is 4.80. The maximum atomic E-state index is 6.05. The van der Waals surface area contributed by atoms with Crippen molar-refractivity contribution in [3.05, 3.63) is 63.4 Å². The molecule has 0 bridgehead atoms. The molecule has 0 aliphatic rings. The first-order chi connectivity index (χ1) is 9.61. The van der Waals surface area contributed by atoms with Gasteiger partial charge in [-0.2, -0.15) is 0 Å². The van der Waals surface area contributed by atoms with Gasteiger partial charge in [0, 0.05) is 18.8 Å². The number of benzene rings is 1. The largest absolute Gasteiger partial charge is 0.305 e. The van der Waals surface area contributed by atoms with Gasteiger partial charge in [-0.25, -0.2) is 0 Å². The molecule has 0 aliphatic heterocycles. The Kier molecular flexibility index (Phi) is 5.41. The van der Waals surface area contributed by atoms with Crippen LogP contribution in [0.15, 0.2) is 36.5 Å². The van der Waals surface area contributed by atoms with Crippen LogP contribution >= 0.6 is 23.2 Å². The summed E-state index contributed by atoms with van der Waals surface area (Å²) in [4.78, 5) is 4.44. The van der Waals surface area contributed by atoms with Gasteiger partial charge in [-0.1, -0.05) is 42.3 Å². The lowest BCUT2D eigenvalue weighted by atomic mass is 10.1. The van der Waals surface area contributed by atoms with Gasteiger partial charge >= 0.3 is 0 Å². The van der Waals surface area contributed by atoms with E-state index in [9.17, 15) is 0 Å². The van der Waals surface area contributed by atoms with Crippen LogP contribution in [0.1, 0.15) is 36.7 Å². The van der Waals surface area contributed by atoms with Crippen molar-refractivity contribution in [2.45, 2.75) is 32.9 Å². The second kappa shape index (κ2) is 7.07. The molecule has 106 valence electrons. The number of nitrogens with one attached hydrogen (secondary N) is 1. The van der Waals surface area contributed by atoms with Crippen molar-refractivity contribution in [2.75, 3.05) is 0 Å². The van der Waals surface area contributed by atoms with E-state index in [0.29, 0.717) is 10.0 Å². The summed E-state index contributed by atoms with van der Waals surface area (Å²) in [7, 11) is 0. The summed E-state index contributed by atoms with van der Waals surface area (Å²) >= 11 is 12.0. The molecule has 0 fully saturated rings. The Balaban J connectivity index is 2.04. The van der Waals surface area contributed by atoms with E-state index in [4.69, 9.17) is 23.2 Å². The first kappa shape index (κ1) is 15.3. The second-order valence-corrected chi connectivity index (χ2v) is 5.55. The van der Waals surface area contributed by atoms with Crippen molar-refractivity contribution < 1.29 is 0 Å². The van der Waals surface area contributed by atoms with Crippen LogP contribution in [-0.2, 0) is 13.0 Å². The van der Waals surface area contributed by atoms with Crippen LogP contribution < -0.4 is 5.32 Å². The first-order valence-electron chi connectivity index (χ1n) is 6.73. The fraction of sp³-hybridized carbons (Fsp3) is 0.312. The van der Waals surface area contributed by atoms with Crippen LogP contribution in [0, 0.1) is 0 Å². The molecule has 0 saturated heterocycles. The highest BCUT2D eigenvalue weighted by molar-refractivity contribution is 6.42. The molecule has 0 radical (unpaired) electrons. The molecule has 2 nitrogen and oxygen atoms in total. The minimum Gasteiger partial charge on any atom is -0.305 e. The summed E-state index contributed by atoms with van der Waals surface area (Å²) in [5.41, 5.74) is 3.50. The van der Waals surface area contributed by atoms with E-state index in [1.165, 1.54) is 5.56 Å². The molecule has 1 aromatic heterocycles. The molecule has 2 aromatic rings. The van der Waals surface area contributed by atoms with Crippen LogP contribution in [0.3, 0.4) is 0 Å². The Morgan fingerprint density at radius 2 is 2.00 bits per heavy atom. The molecule has 1 aromatic carbocycles. The summed E-state index contributed by atoms with van der Waals surface area (Å²) in [5, 5.41) is 4.64. The van der Waals surface area contributed by atoms with Crippen LogP contribution in [0.5, 0.6) is 0 Å². The zero-order valence-electron chi connectivity index (χ0n) is 11.7. The lowest BCUT2D eigenvalue weighted by Crippen LogP contribution is -2.19. The Labute approximate surface area is 130 Å². The topological polar surface area (TPSA) is 24.9 Å². The molecule has 1 heterocycles. The van der Waals surface area contributed by atoms with Gasteiger partial charge in [-0.15, -0.1) is 0 Å². The Bertz CT molecular complexity index is 584. The fourth-order valence-electron chi connectivity index (χ4n) is 2.10. The highest BCUT2D eigenvalue weighted by Gasteiger charge is 2.09. The normalized spacial score (nSPS) is 12.4. The van der Waals surface area contributed by atoms with Gasteiger partial charge in [0.1, 0.15) is 0 Å². The minimum absolute atomic E-state index is 0.191. The number of rotatable bonds is 5. The number of hydrogen-bond donors (Lipinski definition) is 1. The number of aryl methyl sites for hydroxylation is 1. The van der Waals surface area contributed by atoms with Crippen LogP contribution in [0.4, 0.5) is 0 Å². The maximum absolute atomic E-state index is 6.05. The predicted molar refractivity (Wildman–Crippen MR) is 85.3 cm³/mol. The first-order valence-corrected chi connectivity index (χ1v) is 7.48. The van der Waals surface area contributed by atoms with Crippen molar-refractivity contribution in [3.63, 3.8) is 0 Å². The van der Waals surface area contributed by atoms with Crippen molar-refractivity contribution in [1.29, 1.82) is 0 Å². The standard InChI is InChI=1S/C16H18Cl2N2/c1-3-12-5-4-8-19-16(12)10-20-11(2)13-6-7-14(17)15(18)9-13/h4-9,11,20H,3,10H2,1-2H3. The highest BCUT2D eigenvalue weighted by atomic mass is 35.5. The lowest BCUT2D eigenvalue weighted by molar-refractivity contribution is 0.565. The van der Waals surface area contributed by atoms with Crippen LogP contribution in [0.25, 0.3) is 0 Å². The molecule has 1 unspecified atom stereocenters. The quantitative estimate of drug-likeness (QED) is 0.858. The lowest BCUT2D eigenvalue weighted by Gasteiger charge is -2.16. The van der Waals surface area contributed by atoms with E-state index in [2.05, 4.69) is 30.2 Å². The third-order valence-electron chi connectivity index (χ3n) is 3.38. The maximum Gasteiger partial charge on any atom is 0.0595 e. The number of hydrogen-bond acceptors (Lipinski definition) is 2. The zero-order chi connectivity index (χ0) is 14.5. The van der Waals surface area contributed by atoms with Crippen LogP contribution in [0.2, 0.25) is 10.0 Å². The molecule has 4 heteroatoms. The fourth-order valence-corrected chi connectivity index (χ4v) is 2.41. The van der Waals surface area contributed by atoms with Gasteiger partial charge in [0.2, 0.25) is 0 Å². The van der Waals surface area contributed by atoms with E-state index in [1.54, 1.807) is 0 Å². The molecule has 20 heavy (non-hydrogen) atoms. The molecule has 0 saturated carbocycles. The molecule has 1 N–H and O–H groups in total. The van der Waals surface area contributed by atoms with Crippen molar-refractivity contribution in [2.24, 2.45) is 0 Å². The van der Waals surface area contributed by atoms with E-state index < -0.39 is 0 Å². The molecular formula is C16H18Cl2N2. The summed E-state index contributed by atoms with van der Waals surface area (Å²) < 4.78 is 0. The zero-order valence-corrected chi connectivity index (χ0v) is 13.2. The van der Waals surface area contributed by atoms with Gasteiger partial charge in [-0.3, -0.25) is 4.98 Å². The Hall–Kier alpha value is -1.09. The van der Waals surface area contributed by atoms with Gasteiger partial charge in [-0.05, 0) is 42.7 Å². The molecule has 2 rings (SSSR count). The summed E-state index contributed by atoms with van der Waals surface area (Å²) in [5.74, 6) is 0. The van der Waals surface area contributed by atoms with Gasteiger partial charge < -0.3 is 5.32 Å². The monoisotopic (exact) mass is 308 g/mol. The number of halogens is 2. The third kappa shape index (κ3) is 3.72. The average Bonchev–Trinajstić information content (AvgIpc) is 2.47. The van der Waals surface area contributed by atoms with Gasteiger partial charge in [0.25, 0.3) is 0 Å². The van der Waals surface area contributed by atoms with E-state index >= 15 is 0 Å². The van der Waals surface area contributed by atoms with Crippen molar-refractivity contribution >= 4 is 23.2 Å². The molecule has 0 amide bonds. The summed E-state index contributed by atoms with van der Waals surface area (Å²) in [6.07, 6.45) is 2.83. The number of pyridine rings is 1. The van der Waals surface area contributed by atoms with E-state index in [1.807, 2.05) is 30.5 Å². The molecule has 1 atom stereocenters. The van der Waals surface area contributed by atoms with Crippen molar-refractivity contribution in [3.8, 4) is 0 Å². The number of aromatic nitrogens is 1. The van der Waals surface area contributed by atoms with Gasteiger partial charge in [0.05, 0.1) is 15.7 Å². The number of nitrogens with zero attached hydrogens (tertiary/aromatic N) is 1. The molecule has 0 aliphatic carbocycles. The third-order valence-corrected chi connectivity index (χ3v) is 4.12. The van der Waals surface area contributed by atoms with Crippen LogP contribution in [-0.4, -0.2) is 4.98 Å². The molecular weight excluding hydrogens is 291 g/mol. The van der Waals surface area contributed by atoms with E-state index in [-0.39, 0.29) is 6.04 Å². The highest BCUT2D eigenvalue weighted by Crippen LogP contribution is 2.25.